The zero-order chi connectivity index (χ0) is 19.1. The highest BCUT2D eigenvalue weighted by atomic mass is 16.6. The number of hydrogen-bond acceptors (Lipinski definition) is 5. The number of esters is 1. The molecule has 24 heavy (non-hydrogen) atoms. The highest BCUT2D eigenvalue weighted by Crippen LogP contribution is 2.62. The summed E-state index contributed by atoms with van der Waals surface area (Å²) in [5.74, 6) is 0.0773. The molecule has 2 aliphatic heterocycles. The minimum atomic E-state index is -2.17. The van der Waals surface area contributed by atoms with E-state index in [-0.39, 0.29) is 17.7 Å². The number of nitrogens with zero attached hydrogens (tertiary/aromatic N) is 1. The molecular formula is C19H21NO4. The van der Waals surface area contributed by atoms with Crippen molar-refractivity contribution in [2.75, 3.05) is 13.5 Å². The number of likely N-dealkylation sites (tertiary alicyclic amines) is 1. The molecule has 126 valence electrons. The summed E-state index contributed by atoms with van der Waals surface area (Å²) in [6.07, 6.45) is 3.96. The van der Waals surface area contributed by atoms with Crippen LogP contribution >= 0.6 is 0 Å². The lowest BCUT2D eigenvalue weighted by Gasteiger charge is -2.56. The average Bonchev–Trinajstić information content (AvgIpc) is 2.91. The maximum atomic E-state index is 11.6. The van der Waals surface area contributed by atoms with Gasteiger partial charge in [-0.15, -0.1) is 0 Å². The summed E-state index contributed by atoms with van der Waals surface area (Å²) in [4.78, 5) is 13.2. The molecule has 1 N–H and O–H groups in total. The number of ether oxygens (including phenoxy) is 2. The predicted octanol–water partition coefficient (Wildman–Crippen LogP) is 1.77. The number of carbonyl (C=O) groups excluding carboxylic acids is 1. The Hall–Kier alpha value is -2.01. The summed E-state index contributed by atoms with van der Waals surface area (Å²) in [6, 6.07) is 3.29. The third-order valence-corrected chi connectivity index (χ3v) is 6.15. The lowest BCUT2D eigenvalue weighted by molar-refractivity contribution is -0.152. The average molecular weight is 330 g/mol. The van der Waals surface area contributed by atoms with Crippen LogP contribution in [0.4, 0.5) is 0 Å². The second kappa shape index (κ2) is 4.54. The Balaban J connectivity index is 1.71. The molecule has 0 amide bonds. The van der Waals surface area contributed by atoms with Crippen molar-refractivity contribution in [3.8, 4) is 11.5 Å². The molecule has 2 heterocycles. The summed E-state index contributed by atoms with van der Waals surface area (Å²) in [7, 11) is 0. The van der Waals surface area contributed by atoms with Crippen LogP contribution in [0.5, 0.6) is 11.5 Å². The van der Waals surface area contributed by atoms with E-state index in [9.17, 15) is 9.90 Å². The van der Waals surface area contributed by atoms with Crippen LogP contribution in [0, 0.1) is 5.92 Å². The van der Waals surface area contributed by atoms with E-state index >= 15 is 0 Å². The molecule has 5 unspecified atom stereocenters. The molecule has 5 atom stereocenters. The standard InChI is InChI=1S/C19H21NO4/c1-10(21)23-15-6-4-12-13-9-11-3-5-14(22)17-16(11)19(12,18(15)24-17)7-8-20(13)2/h3-6,12-13,15,18,22H,7-9H2,1-2H3/i2D3. The van der Waals surface area contributed by atoms with Gasteiger partial charge in [-0.25, -0.2) is 0 Å². The summed E-state index contributed by atoms with van der Waals surface area (Å²) in [5.41, 5.74) is 1.50. The molecule has 0 aromatic heterocycles. The normalized spacial score (nSPS) is 40.8. The minimum absolute atomic E-state index is 0.0703. The number of benzene rings is 1. The van der Waals surface area contributed by atoms with Gasteiger partial charge >= 0.3 is 5.97 Å². The van der Waals surface area contributed by atoms with Crippen LogP contribution in [-0.2, 0) is 21.4 Å². The quantitative estimate of drug-likeness (QED) is 0.628. The van der Waals surface area contributed by atoms with Crippen molar-refractivity contribution in [1.82, 2.24) is 4.90 Å². The molecule has 1 saturated heterocycles. The molecule has 1 spiro atoms. The third kappa shape index (κ3) is 1.56. The van der Waals surface area contributed by atoms with Gasteiger partial charge in [0.15, 0.2) is 17.6 Å². The Morgan fingerprint density at radius 3 is 3.17 bits per heavy atom. The van der Waals surface area contributed by atoms with Gasteiger partial charge in [0.25, 0.3) is 0 Å². The topological polar surface area (TPSA) is 59.0 Å². The molecule has 5 nitrogen and oxygen atoms in total. The van der Waals surface area contributed by atoms with E-state index in [0.29, 0.717) is 25.1 Å². The molecule has 1 aromatic carbocycles. The Morgan fingerprint density at radius 1 is 1.50 bits per heavy atom. The molecule has 4 aliphatic rings. The van der Waals surface area contributed by atoms with Crippen LogP contribution in [0.1, 0.15) is 28.6 Å². The van der Waals surface area contributed by atoms with Crippen LogP contribution in [-0.4, -0.2) is 47.7 Å². The summed E-state index contributed by atoms with van der Waals surface area (Å²) in [5, 5.41) is 10.4. The van der Waals surface area contributed by atoms with E-state index < -0.39 is 30.6 Å². The molecule has 0 radical (unpaired) electrons. The molecule has 1 fully saturated rings. The molecular weight excluding hydrogens is 306 g/mol. The van der Waals surface area contributed by atoms with E-state index in [1.165, 1.54) is 6.92 Å². The number of hydrogen-bond donors (Lipinski definition) is 1. The first kappa shape index (κ1) is 11.5. The van der Waals surface area contributed by atoms with Gasteiger partial charge in [-0.2, -0.15) is 0 Å². The number of phenols is 1. The van der Waals surface area contributed by atoms with Gasteiger partial charge in [-0.3, -0.25) is 4.79 Å². The van der Waals surface area contributed by atoms with E-state index in [1.54, 1.807) is 11.0 Å². The highest BCUT2D eigenvalue weighted by Gasteiger charge is 2.64. The second-order valence-electron chi connectivity index (χ2n) is 7.23. The van der Waals surface area contributed by atoms with Crippen LogP contribution in [0.25, 0.3) is 0 Å². The van der Waals surface area contributed by atoms with Crippen LogP contribution in [0.2, 0.25) is 0 Å². The van der Waals surface area contributed by atoms with Crippen LogP contribution in [0.3, 0.4) is 0 Å². The van der Waals surface area contributed by atoms with Crippen molar-refractivity contribution in [3.63, 3.8) is 0 Å². The van der Waals surface area contributed by atoms with Crippen molar-refractivity contribution in [2.45, 2.75) is 43.4 Å². The number of rotatable bonds is 1. The predicted molar refractivity (Wildman–Crippen MR) is 87.1 cm³/mol. The summed E-state index contributed by atoms with van der Waals surface area (Å²) >= 11 is 0. The maximum absolute atomic E-state index is 11.6. The van der Waals surface area contributed by atoms with E-state index in [2.05, 4.69) is 0 Å². The minimum Gasteiger partial charge on any atom is -0.504 e. The first-order chi connectivity index (χ1) is 12.7. The number of piperidine rings is 1. The van der Waals surface area contributed by atoms with Gasteiger partial charge in [0.1, 0.15) is 6.10 Å². The fourth-order valence-electron chi connectivity index (χ4n) is 5.33. The van der Waals surface area contributed by atoms with E-state index in [1.807, 2.05) is 18.2 Å². The molecule has 2 bridgehead atoms. The lowest BCUT2D eigenvalue weighted by atomic mass is 9.53. The van der Waals surface area contributed by atoms with Gasteiger partial charge in [-0.05, 0) is 44.1 Å². The lowest BCUT2D eigenvalue weighted by Crippen LogP contribution is -2.65. The number of likely N-dealkylation sites (N-methyl/N-ethyl adjacent to an activating group) is 1. The SMILES string of the molecule is [2H]C([2H])([2H])N1CCC23c4c5ccc(O)c4OC2C(OC(C)=O)C=CC3C1C5. The Labute approximate surface area is 145 Å². The number of aromatic hydroxyl groups is 1. The van der Waals surface area contributed by atoms with Gasteiger partial charge in [-0.1, -0.05) is 12.1 Å². The highest BCUT2D eigenvalue weighted by molar-refractivity contribution is 5.67. The van der Waals surface area contributed by atoms with Crippen molar-refractivity contribution >= 4 is 5.97 Å². The van der Waals surface area contributed by atoms with Crippen LogP contribution in [0.15, 0.2) is 24.3 Å². The number of phenolic OH excluding ortho intramolecular Hbond substituents is 1. The van der Waals surface area contributed by atoms with Gasteiger partial charge < -0.3 is 19.5 Å². The van der Waals surface area contributed by atoms with Crippen molar-refractivity contribution < 1.29 is 23.5 Å². The fraction of sp³-hybridized carbons (Fsp3) is 0.526. The van der Waals surface area contributed by atoms with E-state index in [0.717, 1.165) is 11.1 Å². The van der Waals surface area contributed by atoms with Gasteiger partial charge in [0, 0.05) is 34.0 Å². The third-order valence-electron chi connectivity index (χ3n) is 6.15. The Bertz CT molecular complexity index is 867. The first-order valence-corrected chi connectivity index (χ1v) is 8.38. The monoisotopic (exact) mass is 330 g/mol. The maximum Gasteiger partial charge on any atom is 0.303 e. The Morgan fingerprint density at radius 2 is 2.38 bits per heavy atom. The molecule has 2 aliphatic carbocycles. The second-order valence-corrected chi connectivity index (χ2v) is 7.23. The van der Waals surface area contributed by atoms with E-state index in [4.69, 9.17) is 13.6 Å². The fourth-order valence-corrected chi connectivity index (χ4v) is 5.33. The number of carbonyl (C=O) groups is 1. The zero-order valence-corrected chi connectivity index (χ0v) is 13.4. The zero-order valence-electron chi connectivity index (χ0n) is 16.4. The van der Waals surface area contributed by atoms with Crippen molar-refractivity contribution in [3.05, 3.63) is 35.4 Å². The molecule has 1 aromatic rings. The molecule has 0 saturated carbocycles. The molecule has 5 rings (SSSR count). The molecule has 5 heteroatoms. The van der Waals surface area contributed by atoms with Gasteiger partial charge in [0.2, 0.25) is 0 Å². The van der Waals surface area contributed by atoms with Crippen molar-refractivity contribution in [1.29, 1.82) is 0 Å². The smallest absolute Gasteiger partial charge is 0.303 e. The van der Waals surface area contributed by atoms with Crippen LogP contribution < -0.4 is 4.74 Å². The summed E-state index contributed by atoms with van der Waals surface area (Å²) < 4.78 is 35.6. The van der Waals surface area contributed by atoms with Gasteiger partial charge in [0.05, 0.1) is 0 Å². The van der Waals surface area contributed by atoms with Crippen molar-refractivity contribution in [2.24, 2.45) is 5.92 Å². The Kier molecular flexibility index (Phi) is 2.18. The first-order valence-electron chi connectivity index (χ1n) is 9.88. The summed E-state index contributed by atoms with van der Waals surface area (Å²) in [6.45, 7) is -0.394. The largest absolute Gasteiger partial charge is 0.504 e.